The number of hydrogen-bond acceptors (Lipinski definition) is 2. The van der Waals surface area contributed by atoms with Gasteiger partial charge < -0.3 is 0 Å². The molecule has 2 heterocycles. The van der Waals surface area contributed by atoms with Crippen LogP contribution in [0.5, 0.6) is 0 Å². The standard InChI is InChI=1S/C15H15N3/c1-10-4-5-13(8-11(10)2)14-6-7-15-16-12(3)9-18(15)17-14/h4-9H,1-3H3. The highest BCUT2D eigenvalue weighted by atomic mass is 15.2. The van der Waals surface area contributed by atoms with Gasteiger partial charge in [-0.1, -0.05) is 12.1 Å². The zero-order valence-electron chi connectivity index (χ0n) is 10.8. The van der Waals surface area contributed by atoms with Crippen molar-refractivity contribution in [3.05, 3.63) is 53.3 Å². The van der Waals surface area contributed by atoms with Gasteiger partial charge in [0, 0.05) is 5.56 Å². The summed E-state index contributed by atoms with van der Waals surface area (Å²) in [6.07, 6.45) is 1.94. The Balaban J connectivity index is 2.15. The zero-order chi connectivity index (χ0) is 12.7. The highest BCUT2D eigenvalue weighted by molar-refractivity contribution is 5.62. The van der Waals surface area contributed by atoms with E-state index in [0.29, 0.717) is 0 Å². The van der Waals surface area contributed by atoms with Crippen LogP contribution < -0.4 is 0 Å². The van der Waals surface area contributed by atoms with E-state index in [2.05, 4.69) is 42.1 Å². The lowest BCUT2D eigenvalue weighted by Gasteiger charge is -2.05. The Kier molecular flexibility index (Phi) is 2.40. The van der Waals surface area contributed by atoms with E-state index in [9.17, 15) is 0 Å². The van der Waals surface area contributed by atoms with Crippen LogP contribution in [0.2, 0.25) is 0 Å². The fourth-order valence-electron chi connectivity index (χ4n) is 2.06. The SMILES string of the molecule is Cc1cn2nc(-c3ccc(C)c(C)c3)ccc2n1. The van der Waals surface area contributed by atoms with Crippen molar-refractivity contribution in [2.75, 3.05) is 0 Å². The van der Waals surface area contributed by atoms with Crippen molar-refractivity contribution in [2.24, 2.45) is 0 Å². The predicted octanol–water partition coefficient (Wildman–Crippen LogP) is 3.32. The Labute approximate surface area is 106 Å². The molecule has 3 nitrogen and oxygen atoms in total. The minimum absolute atomic E-state index is 0.889. The molecule has 2 aromatic heterocycles. The quantitative estimate of drug-likeness (QED) is 0.650. The number of imidazole rings is 1. The summed E-state index contributed by atoms with van der Waals surface area (Å²) >= 11 is 0. The second-order valence-corrected chi connectivity index (χ2v) is 4.70. The zero-order valence-corrected chi connectivity index (χ0v) is 10.8. The Morgan fingerprint density at radius 1 is 0.944 bits per heavy atom. The van der Waals surface area contributed by atoms with E-state index in [1.807, 2.05) is 29.8 Å². The van der Waals surface area contributed by atoms with E-state index in [1.54, 1.807) is 0 Å². The maximum absolute atomic E-state index is 4.59. The van der Waals surface area contributed by atoms with Crippen LogP contribution in [0.3, 0.4) is 0 Å². The molecule has 0 unspecified atom stereocenters. The topological polar surface area (TPSA) is 30.2 Å². The molecule has 0 atom stereocenters. The van der Waals surface area contributed by atoms with Crippen LogP contribution in [0.1, 0.15) is 16.8 Å². The predicted molar refractivity (Wildman–Crippen MR) is 72.6 cm³/mol. The van der Waals surface area contributed by atoms with Crippen LogP contribution in [0.15, 0.2) is 36.5 Å². The Hall–Kier alpha value is -2.16. The van der Waals surface area contributed by atoms with E-state index in [-0.39, 0.29) is 0 Å². The van der Waals surface area contributed by atoms with E-state index in [4.69, 9.17) is 0 Å². The summed E-state index contributed by atoms with van der Waals surface area (Å²) in [7, 11) is 0. The summed E-state index contributed by atoms with van der Waals surface area (Å²) in [6.45, 7) is 6.22. The monoisotopic (exact) mass is 237 g/mol. The normalized spacial score (nSPS) is 11.1. The summed E-state index contributed by atoms with van der Waals surface area (Å²) in [4.78, 5) is 4.38. The Morgan fingerprint density at radius 2 is 1.78 bits per heavy atom. The third kappa shape index (κ3) is 1.78. The van der Waals surface area contributed by atoms with Gasteiger partial charge in [-0.3, -0.25) is 0 Å². The average molecular weight is 237 g/mol. The summed E-state index contributed by atoms with van der Waals surface area (Å²) in [5.74, 6) is 0. The van der Waals surface area contributed by atoms with Crippen molar-refractivity contribution < 1.29 is 0 Å². The van der Waals surface area contributed by atoms with E-state index in [0.717, 1.165) is 22.6 Å². The highest BCUT2D eigenvalue weighted by Crippen LogP contribution is 2.20. The number of nitrogens with zero attached hydrogens (tertiary/aromatic N) is 3. The van der Waals surface area contributed by atoms with Gasteiger partial charge in [0.05, 0.1) is 17.6 Å². The molecule has 3 rings (SSSR count). The van der Waals surface area contributed by atoms with Gasteiger partial charge in [0.1, 0.15) is 0 Å². The molecule has 0 fully saturated rings. The molecule has 0 saturated heterocycles. The first-order valence-corrected chi connectivity index (χ1v) is 6.04. The highest BCUT2D eigenvalue weighted by Gasteiger charge is 2.04. The van der Waals surface area contributed by atoms with Gasteiger partial charge in [-0.2, -0.15) is 5.10 Å². The molecular formula is C15H15N3. The molecule has 0 N–H and O–H groups in total. The molecule has 0 bridgehead atoms. The number of hydrogen-bond donors (Lipinski definition) is 0. The maximum Gasteiger partial charge on any atom is 0.153 e. The molecule has 0 aliphatic rings. The minimum atomic E-state index is 0.889. The van der Waals surface area contributed by atoms with E-state index in [1.165, 1.54) is 11.1 Å². The number of benzene rings is 1. The first-order valence-electron chi connectivity index (χ1n) is 6.04. The van der Waals surface area contributed by atoms with Gasteiger partial charge >= 0.3 is 0 Å². The van der Waals surface area contributed by atoms with Gasteiger partial charge in [-0.15, -0.1) is 0 Å². The molecule has 0 aliphatic heterocycles. The first-order chi connectivity index (χ1) is 8.63. The number of aromatic nitrogens is 3. The first kappa shape index (κ1) is 11.0. The van der Waals surface area contributed by atoms with Crippen LogP contribution in [0.25, 0.3) is 16.9 Å². The fourth-order valence-corrected chi connectivity index (χ4v) is 2.06. The third-order valence-corrected chi connectivity index (χ3v) is 3.24. The van der Waals surface area contributed by atoms with Crippen molar-refractivity contribution >= 4 is 5.65 Å². The third-order valence-electron chi connectivity index (χ3n) is 3.24. The molecule has 3 aromatic rings. The van der Waals surface area contributed by atoms with Crippen molar-refractivity contribution in [3.63, 3.8) is 0 Å². The molecule has 90 valence electrons. The van der Waals surface area contributed by atoms with Crippen LogP contribution in [0, 0.1) is 20.8 Å². The number of rotatable bonds is 1. The molecule has 0 amide bonds. The summed E-state index contributed by atoms with van der Waals surface area (Å²) in [5.41, 5.74) is 6.59. The van der Waals surface area contributed by atoms with Crippen molar-refractivity contribution in [2.45, 2.75) is 20.8 Å². The van der Waals surface area contributed by atoms with E-state index >= 15 is 0 Å². The summed E-state index contributed by atoms with van der Waals surface area (Å²) in [5, 5.41) is 4.59. The van der Waals surface area contributed by atoms with Gasteiger partial charge in [-0.05, 0) is 50.1 Å². The molecule has 0 radical (unpaired) electrons. The summed E-state index contributed by atoms with van der Waals surface area (Å²) < 4.78 is 1.83. The van der Waals surface area contributed by atoms with Gasteiger partial charge in [0.15, 0.2) is 5.65 Å². The van der Waals surface area contributed by atoms with Crippen LogP contribution in [0.4, 0.5) is 0 Å². The molecule has 0 aliphatic carbocycles. The molecule has 0 saturated carbocycles. The largest absolute Gasteiger partial charge is 0.232 e. The second kappa shape index (κ2) is 3.95. The number of aryl methyl sites for hydroxylation is 3. The molecular weight excluding hydrogens is 222 g/mol. The lowest BCUT2D eigenvalue weighted by atomic mass is 10.0. The fraction of sp³-hybridized carbons (Fsp3) is 0.200. The molecule has 1 aromatic carbocycles. The Morgan fingerprint density at radius 3 is 2.56 bits per heavy atom. The second-order valence-electron chi connectivity index (χ2n) is 4.70. The van der Waals surface area contributed by atoms with Crippen LogP contribution >= 0.6 is 0 Å². The smallest absolute Gasteiger partial charge is 0.153 e. The van der Waals surface area contributed by atoms with Crippen molar-refractivity contribution in [1.82, 2.24) is 14.6 Å². The van der Waals surface area contributed by atoms with Gasteiger partial charge in [0.2, 0.25) is 0 Å². The summed E-state index contributed by atoms with van der Waals surface area (Å²) in [6, 6.07) is 10.4. The van der Waals surface area contributed by atoms with Gasteiger partial charge in [-0.25, -0.2) is 9.50 Å². The maximum atomic E-state index is 4.59. The van der Waals surface area contributed by atoms with Crippen molar-refractivity contribution in [3.8, 4) is 11.3 Å². The average Bonchev–Trinajstić information content (AvgIpc) is 2.71. The molecule has 18 heavy (non-hydrogen) atoms. The molecule has 3 heteroatoms. The molecule has 0 spiro atoms. The van der Waals surface area contributed by atoms with Crippen molar-refractivity contribution in [1.29, 1.82) is 0 Å². The van der Waals surface area contributed by atoms with Crippen LogP contribution in [-0.2, 0) is 0 Å². The number of fused-ring (bicyclic) bond motifs is 1. The van der Waals surface area contributed by atoms with Crippen LogP contribution in [-0.4, -0.2) is 14.6 Å². The van der Waals surface area contributed by atoms with E-state index < -0.39 is 0 Å². The van der Waals surface area contributed by atoms with Gasteiger partial charge in [0.25, 0.3) is 0 Å². The lowest BCUT2D eigenvalue weighted by molar-refractivity contribution is 0.940. The minimum Gasteiger partial charge on any atom is -0.232 e. The Bertz CT molecular complexity index is 726. The lowest BCUT2D eigenvalue weighted by Crippen LogP contribution is -1.93.